The van der Waals surface area contributed by atoms with E-state index in [-0.39, 0.29) is 6.10 Å². The highest BCUT2D eigenvalue weighted by Crippen LogP contribution is 2.35. The van der Waals surface area contributed by atoms with Crippen LogP contribution in [0, 0.1) is 3.57 Å². The van der Waals surface area contributed by atoms with E-state index >= 15 is 0 Å². The Morgan fingerprint density at radius 3 is 2.26 bits per heavy atom. The summed E-state index contributed by atoms with van der Waals surface area (Å²) < 4.78 is 12.6. The Morgan fingerprint density at radius 1 is 1.00 bits per heavy atom. The molecular weight excluding hydrogens is 353 g/mol. The summed E-state index contributed by atoms with van der Waals surface area (Å²) in [6.07, 6.45) is 0.0795. The predicted octanol–water partition coefficient (Wildman–Crippen LogP) is 4.45. The van der Waals surface area contributed by atoms with Crippen LogP contribution in [0.5, 0.6) is 17.2 Å². The number of ether oxygens (including phenoxy) is 2. The fourth-order valence-corrected chi connectivity index (χ4v) is 1.96. The van der Waals surface area contributed by atoms with Gasteiger partial charge in [0.1, 0.15) is 17.2 Å². The van der Waals surface area contributed by atoms with Crippen LogP contribution < -0.4 is 15.2 Å². The Morgan fingerprint density at radius 2 is 1.63 bits per heavy atom. The van der Waals surface area contributed by atoms with Crippen molar-refractivity contribution in [2.24, 2.45) is 0 Å². The second kappa shape index (κ2) is 6.14. The van der Waals surface area contributed by atoms with Crippen LogP contribution in [0.2, 0.25) is 0 Å². The van der Waals surface area contributed by atoms with Crippen LogP contribution in [0.4, 0.5) is 5.69 Å². The molecule has 0 radical (unpaired) electrons. The van der Waals surface area contributed by atoms with Gasteiger partial charge in [0.25, 0.3) is 0 Å². The van der Waals surface area contributed by atoms with E-state index in [9.17, 15) is 0 Å². The molecule has 3 nitrogen and oxygen atoms in total. The molecule has 0 aliphatic heterocycles. The van der Waals surface area contributed by atoms with Crippen LogP contribution in [0.1, 0.15) is 13.8 Å². The first kappa shape index (κ1) is 14.0. The molecule has 0 saturated heterocycles. The molecule has 0 fully saturated rings. The van der Waals surface area contributed by atoms with Crippen molar-refractivity contribution in [3.8, 4) is 17.2 Å². The number of halogens is 1. The van der Waals surface area contributed by atoms with Gasteiger partial charge < -0.3 is 15.2 Å². The van der Waals surface area contributed by atoms with E-state index in [0.717, 1.165) is 9.32 Å². The van der Waals surface area contributed by atoms with E-state index in [1.807, 2.05) is 56.3 Å². The predicted molar refractivity (Wildman–Crippen MR) is 85.9 cm³/mol. The van der Waals surface area contributed by atoms with Gasteiger partial charge in [0.2, 0.25) is 0 Å². The molecule has 0 aliphatic rings. The fourth-order valence-electron chi connectivity index (χ4n) is 1.60. The van der Waals surface area contributed by atoms with Gasteiger partial charge in [-0.3, -0.25) is 0 Å². The normalized spacial score (nSPS) is 10.5. The first-order valence-corrected chi connectivity index (χ1v) is 7.12. The molecule has 4 heteroatoms. The number of benzene rings is 2. The van der Waals surface area contributed by atoms with Crippen LogP contribution in [0.3, 0.4) is 0 Å². The van der Waals surface area contributed by atoms with Crippen LogP contribution >= 0.6 is 22.6 Å². The summed E-state index contributed by atoms with van der Waals surface area (Å²) in [5.74, 6) is 2.02. The number of anilines is 1. The van der Waals surface area contributed by atoms with Crippen molar-refractivity contribution >= 4 is 28.3 Å². The van der Waals surface area contributed by atoms with Gasteiger partial charge in [-0.05, 0) is 72.8 Å². The van der Waals surface area contributed by atoms with Crippen molar-refractivity contribution in [1.29, 1.82) is 0 Å². The minimum absolute atomic E-state index is 0.0795. The van der Waals surface area contributed by atoms with Gasteiger partial charge in [-0.1, -0.05) is 6.07 Å². The minimum atomic E-state index is 0.0795. The lowest BCUT2D eigenvalue weighted by atomic mass is 10.2. The topological polar surface area (TPSA) is 44.5 Å². The van der Waals surface area contributed by atoms with Gasteiger partial charge in [0.15, 0.2) is 5.75 Å². The third-order valence-corrected chi connectivity index (χ3v) is 3.15. The zero-order valence-corrected chi connectivity index (χ0v) is 13.0. The quantitative estimate of drug-likeness (QED) is 0.640. The highest BCUT2D eigenvalue weighted by atomic mass is 127. The maximum absolute atomic E-state index is 6.06. The Bertz CT molecular complexity index is 553. The van der Waals surface area contributed by atoms with Crippen molar-refractivity contribution in [3.63, 3.8) is 0 Å². The van der Waals surface area contributed by atoms with Crippen LogP contribution in [-0.4, -0.2) is 6.10 Å². The second-order valence-electron chi connectivity index (χ2n) is 4.39. The molecule has 0 aliphatic carbocycles. The molecule has 2 N–H and O–H groups in total. The first-order valence-electron chi connectivity index (χ1n) is 6.05. The van der Waals surface area contributed by atoms with Gasteiger partial charge in [-0.25, -0.2) is 0 Å². The van der Waals surface area contributed by atoms with Gasteiger partial charge in [-0.15, -0.1) is 0 Å². The largest absolute Gasteiger partial charge is 0.489 e. The lowest BCUT2D eigenvalue weighted by Gasteiger charge is -2.15. The molecule has 100 valence electrons. The van der Waals surface area contributed by atoms with Crippen molar-refractivity contribution in [1.82, 2.24) is 0 Å². The van der Waals surface area contributed by atoms with Crippen molar-refractivity contribution in [3.05, 3.63) is 46.0 Å². The molecule has 2 aromatic rings. The third-order valence-electron chi connectivity index (χ3n) is 2.43. The number of hydrogen-bond acceptors (Lipinski definition) is 3. The SMILES string of the molecule is CC(C)Oc1cccc(Oc2ccc(I)cc2)c1N. The molecule has 0 unspecified atom stereocenters. The molecule has 0 bridgehead atoms. The summed E-state index contributed by atoms with van der Waals surface area (Å²) in [5, 5.41) is 0. The summed E-state index contributed by atoms with van der Waals surface area (Å²) in [6.45, 7) is 3.93. The summed E-state index contributed by atoms with van der Waals surface area (Å²) in [5.41, 5.74) is 6.58. The Balaban J connectivity index is 2.23. The lowest BCUT2D eigenvalue weighted by molar-refractivity contribution is 0.243. The Kier molecular flexibility index (Phi) is 4.52. The van der Waals surface area contributed by atoms with E-state index in [1.165, 1.54) is 0 Å². The first-order chi connectivity index (χ1) is 9.06. The standard InChI is InChI=1S/C15H16INO2/c1-10(2)18-13-4-3-5-14(15(13)17)19-12-8-6-11(16)7-9-12/h3-10H,17H2,1-2H3. The van der Waals surface area contributed by atoms with Crippen molar-refractivity contribution in [2.75, 3.05) is 5.73 Å². The maximum atomic E-state index is 6.06. The average molecular weight is 369 g/mol. The molecule has 0 aromatic heterocycles. The zero-order valence-electron chi connectivity index (χ0n) is 10.9. The number of nitrogen functional groups attached to an aromatic ring is 1. The second-order valence-corrected chi connectivity index (χ2v) is 5.64. The summed E-state index contributed by atoms with van der Waals surface area (Å²) in [4.78, 5) is 0. The Labute approximate surface area is 126 Å². The lowest BCUT2D eigenvalue weighted by Crippen LogP contribution is -2.07. The van der Waals surface area contributed by atoms with Crippen LogP contribution in [0.15, 0.2) is 42.5 Å². The molecule has 2 rings (SSSR count). The number of para-hydroxylation sites is 1. The van der Waals surface area contributed by atoms with Crippen molar-refractivity contribution in [2.45, 2.75) is 20.0 Å². The molecule has 0 heterocycles. The smallest absolute Gasteiger partial charge is 0.154 e. The maximum Gasteiger partial charge on any atom is 0.154 e. The molecule has 0 spiro atoms. The average Bonchev–Trinajstić information content (AvgIpc) is 2.36. The van der Waals surface area contributed by atoms with Crippen molar-refractivity contribution < 1.29 is 9.47 Å². The molecule has 0 amide bonds. The zero-order chi connectivity index (χ0) is 13.8. The van der Waals surface area contributed by atoms with Crippen LogP contribution in [0.25, 0.3) is 0 Å². The minimum Gasteiger partial charge on any atom is -0.489 e. The molecule has 19 heavy (non-hydrogen) atoms. The number of nitrogens with two attached hydrogens (primary N) is 1. The Hall–Kier alpha value is -1.43. The summed E-state index contributed by atoms with van der Waals surface area (Å²) in [6, 6.07) is 13.3. The van der Waals surface area contributed by atoms with Crippen LogP contribution in [-0.2, 0) is 0 Å². The summed E-state index contributed by atoms with van der Waals surface area (Å²) in [7, 11) is 0. The van der Waals surface area contributed by atoms with Gasteiger partial charge in [0, 0.05) is 3.57 Å². The van der Waals surface area contributed by atoms with Gasteiger partial charge >= 0.3 is 0 Å². The fraction of sp³-hybridized carbons (Fsp3) is 0.200. The molecule has 0 atom stereocenters. The number of hydrogen-bond donors (Lipinski definition) is 1. The van der Waals surface area contributed by atoms with E-state index < -0.39 is 0 Å². The number of rotatable bonds is 4. The third kappa shape index (κ3) is 3.76. The van der Waals surface area contributed by atoms with E-state index in [1.54, 1.807) is 0 Å². The molecular formula is C15H16INO2. The highest BCUT2D eigenvalue weighted by molar-refractivity contribution is 14.1. The van der Waals surface area contributed by atoms with E-state index in [0.29, 0.717) is 17.2 Å². The molecule has 2 aromatic carbocycles. The van der Waals surface area contributed by atoms with E-state index in [2.05, 4.69) is 22.6 Å². The van der Waals surface area contributed by atoms with Gasteiger partial charge in [0.05, 0.1) is 6.10 Å². The monoisotopic (exact) mass is 369 g/mol. The van der Waals surface area contributed by atoms with E-state index in [4.69, 9.17) is 15.2 Å². The van der Waals surface area contributed by atoms with Gasteiger partial charge in [-0.2, -0.15) is 0 Å². The molecule has 0 saturated carbocycles. The summed E-state index contributed by atoms with van der Waals surface area (Å²) >= 11 is 2.25. The highest BCUT2D eigenvalue weighted by Gasteiger charge is 2.09.